The molecule has 0 spiro atoms. The van der Waals surface area contributed by atoms with E-state index in [1.165, 1.54) is 13.1 Å². The highest BCUT2D eigenvalue weighted by Gasteiger charge is 2.39. The summed E-state index contributed by atoms with van der Waals surface area (Å²) in [6, 6.07) is 9.31. The van der Waals surface area contributed by atoms with Gasteiger partial charge in [-0.25, -0.2) is 8.91 Å². The fourth-order valence-electron chi connectivity index (χ4n) is 4.16. The zero-order chi connectivity index (χ0) is 22.2. The molecule has 2 atom stereocenters. The molecule has 0 saturated heterocycles. The Morgan fingerprint density at radius 2 is 2.13 bits per heavy atom. The lowest BCUT2D eigenvalue weighted by molar-refractivity contribution is -0.119. The van der Waals surface area contributed by atoms with Crippen LogP contribution in [-0.4, -0.2) is 33.1 Å². The Balaban J connectivity index is 1.74. The largest absolute Gasteiger partial charge is 0.377 e. The first-order chi connectivity index (χ1) is 14.7. The van der Waals surface area contributed by atoms with Crippen LogP contribution < -0.4 is 16.4 Å². The molecule has 4 rings (SSSR count). The summed E-state index contributed by atoms with van der Waals surface area (Å²) in [6.07, 6.45) is 5.21. The van der Waals surface area contributed by atoms with Crippen molar-refractivity contribution in [2.24, 2.45) is 5.73 Å². The van der Waals surface area contributed by atoms with Crippen molar-refractivity contribution in [2.75, 3.05) is 5.32 Å². The molecule has 0 radical (unpaired) electrons. The van der Waals surface area contributed by atoms with Gasteiger partial charge >= 0.3 is 0 Å². The lowest BCUT2D eigenvalue weighted by atomic mass is 10.0. The van der Waals surface area contributed by atoms with E-state index in [0.29, 0.717) is 30.6 Å². The quantitative estimate of drug-likeness (QED) is 0.565. The fraction of sp³-hybridized carbons (Fsp3) is 0.348. The van der Waals surface area contributed by atoms with Gasteiger partial charge in [-0.2, -0.15) is 5.10 Å². The number of hydrogen-bond acceptors (Lipinski definition) is 4. The average molecular weight is 423 g/mol. The number of benzene rings is 1. The summed E-state index contributed by atoms with van der Waals surface area (Å²) in [4.78, 5) is 23.3. The summed E-state index contributed by atoms with van der Waals surface area (Å²) in [5.41, 5.74) is 8.41. The first-order valence-corrected chi connectivity index (χ1v) is 10.3. The van der Waals surface area contributed by atoms with Crippen LogP contribution in [0.2, 0.25) is 0 Å². The number of alkyl halides is 1. The maximum atomic E-state index is 14.9. The number of primary amides is 1. The SMILES string of the molecule is CC(=O)NCc1cccc(-c2cc3c(N[C@@H]4CCC[C@]4(C)F)c(C(N)=O)cnn3c2)c1. The summed E-state index contributed by atoms with van der Waals surface area (Å²) < 4.78 is 16.6. The standard InChI is InChI=1S/C23H26FN5O2/c1-14(30)26-11-15-5-3-6-16(9-15)17-10-19-21(28-20-7-4-8-23(20,2)24)18(22(25)31)12-27-29(19)13-17/h3,5-6,9-10,12-13,20,28H,4,7-8,11H2,1-2H3,(H2,25,31)(H,26,30)/t20-,23+/m1/s1. The lowest BCUT2D eigenvalue weighted by Gasteiger charge is -2.26. The van der Waals surface area contributed by atoms with E-state index in [9.17, 15) is 14.0 Å². The summed E-state index contributed by atoms with van der Waals surface area (Å²) in [5, 5.41) is 10.4. The lowest BCUT2D eigenvalue weighted by Crippen LogP contribution is -2.36. The van der Waals surface area contributed by atoms with E-state index in [-0.39, 0.29) is 11.5 Å². The third-order valence-electron chi connectivity index (χ3n) is 5.91. The van der Waals surface area contributed by atoms with Gasteiger partial charge in [0.2, 0.25) is 5.91 Å². The Bertz CT molecular complexity index is 1150. The van der Waals surface area contributed by atoms with Gasteiger partial charge in [-0.3, -0.25) is 9.59 Å². The van der Waals surface area contributed by atoms with Crippen LogP contribution in [-0.2, 0) is 11.3 Å². The Morgan fingerprint density at radius 3 is 2.81 bits per heavy atom. The van der Waals surface area contributed by atoms with Crippen LogP contribution in [0.5, 0.6) is 0 Å². The zero-order valence-corrected chi connectivity index (χ0v) is 17.6. The van der Waals surface area contributed by atoms with Gasteiger partial charge in [-0.05, 0) is 49.4 Å². The van der Waals surface area contributed by atoms with E-state index in [4.69, 9.17) is 5.73 Å². The average Bonchev–Trinajstić information content (AvgIpc) is 3.30. The molecule has 1 aliphatic carbocycles. The van der Waals surface area contributed by atoms with Gasteiger partial charge in [0, 0.05) is 25.2 Å². The second kappa shape index (κ2) is 8.02. The number of aromatic nitrogens is 2. The van der Waals surface area contributed by atoms with Gasteiger partial charge in [0.15, 0.2) is 0 Å². The smallest absolute Gasteiger partial charge is 0.252 e. The molecule has 0 aliphatic heterocycles. The molecule has 162 valence electrons. The Morgan fingerprint density at radius 1 is 1.32 bits per heavy atom. The number of nitrogens with one attached hydrogen (secondary N) is 2. The normalized spacial score (nSPS) is 20.7. The van der Waals surface area contributed by atoms with Crippen molar-refractivity contribution in [2.45, 2.75) is 51.4 Å². The molecule has 3 aromatic rings. The number of amides is 2. The minimum absolute atomic E-state index is 0.0920. The van der Waals surface area contributed by atoms with Crippen molar-refractivity contribution < 1.29 is 14.0 Å². The monoisotopic (exact) mass is 423 g/mol. The number of fused-ring (bicyclic) bond motifs is 1. The van der Waals surface area contributed by atoms with Crippen LogP contribution in [0.25, 0.3) is 16.6 Å². The van der Waals surface area contributed by atoms with Gasteiger partial charge in [0.25, 0.3) is 5.91 Å². The summed E-state index contributed by atoms with van der Waals surface area (Å²) in [5.74, 6) is -0.707. The molecule has 8 heteroatoms. The zero-order valence-electron chi connectivity index (χ0n) is 17.6. The fourth-order valence-corrected chi connectivity index (χ4v) is 4.16. The topological polar surface area (TPSA) is 102 Å². The van der Waals surface area contributed by atoms with Crippen molar-refractivity contribution in [3.63, 3.8) is 0 Å². The molecule has 7 nitrogen and oxygen atoms in total. The number of nitrogens with zero attached hydrogens (tertiary/aromatic N) is 2. The first kappa shape index (κ1) is 20.8. The van der Waals surface area contributed by atoms with E-state index in [2.05, 4.69) is 15.7 Å². The van der Waals surface area contributed by atoms with Crippen LogP contribution >= 0.6 is 0 Å². The molecule has 1 saturated carbocycles. The minimum Gasteiger partial charge on any atom is -0.377 e. The van der Waals surface area contributed by atoms with Crippen molar-refractivity contribution in [1.29, 1.82) is 0 Å². The van der Waals surface area contributed by atoms with Crippen LogP contribution in [0.3, 0.4) is 0 Å². The Kier molecular flexibility index (Phi) is 5.39. The van der Waals surface area contributed by atoms with Gasteiger partial charge in [0.05, 0.1) is 29.0 Å². The molecule has 31 heavy (non-hydrogen) atoms. The molecular weight excluding hydrogens is 397 g/mol. The number of nitrogens with two attached hydrogens (primary N) is 1. The van der Waals surface area contributed by atoms with Gasteiger partial charge in [0.1, 0.15) is 5.67 Å². The van der Waals surface area contributed by atoms with E-state index < -0.39 is 17.6 Å². The Labute approximate surface area is 179 Å². The Hall–Kier alpha value is -3.42. The maximum Gasteiger partial charge on any atom is 0.252 e. The number of carbonyl (C=O) groups excluding carboxylic acids is 2. The third-order valence-corrected chi connectivity index (χ3v) is 5.91. The number of rotatable bonds is 6. The van der Waals surface area contributed by atoms with Gasteiger partial charge < -0.3 is 16.4 Å². The second-order valence-corrected chi connectivity index (χ2v) is 8.33. The van der Waals surface area contributed by atoms with E-state index in [0.717, 1.165) is 23.1 Å². The molecule has 0 bridgehead atoms. The van der Waals surface area contributed by atoms with Crippen LogP contribution in [0, 0.1) is 0 Å². The molecule has 2 aromatic heterocycles. The molecule has 2 heterocycles. The number of hydrogen-bond donors (Lipinski definition) is 3. The van der Waals surface area contributed by atoms with Crippen LogP contribution in [0.15, 0.2) is 42.7 Å². The van der Waals surface area contributed by atoms with E-state index >= 15 is 0 Å². The first-order valence-electron chi connectivity index (χ1n) is 10.3. The highest BCUT2D eigenvalue weighted by molar-refractivity contribution is 6.02. The maximum absolute atomic E-state index is 14.9. The second-order valence-electron chi connectivity index (χ2n) is 8.33. The number of carbonyl (C=O) groups is 2. The van der Waals surface area contributed by atoms with Crippen molar-refractivity contribution >= 4 is 23.0 Å². The van der Waals surface area contributed by atoms with E-state index in [1.807, 2.05) is 36.5 Å². The predicted octanol–water partition coefficient (Wildman–Crippen LogP) is 3.43. The van der Waals surface area contributed by atoms with Crippen LogP contribution in [0.4, 0.5) is 10.1 Å². The molecule has 1 fully saturated rings. The summed E-state index contributed by atoms with van der Waals surface area (Å²) in [6.45, 7) is 3.50. The van der Waals surface area contributed by atoms with E-state index in [1.54, 1.807) is 11.4 Å². The predicted molar refractivity (Wildman–Crippen MR) is 117 cm³/mol. The summed E-state index contributed by atoms with van der Waals surface area (Å²) >= 11 is 0. The highest BCUT2D eigenvalue weighted by atomic mass is 19.1. The van der Waals surface area contributed by atoms with Gasteiger partial charge in [-0.1, -0.05) is 18.2 Å². The van der Waals surface area contributed by atoms with Crippen molar-refractivity contribution in [3.05, 3.63) is 53.9 Å². The molecule has 1 aromatic carbocycles. The van der Waals surface area contributed by atoms with Gasteiger partial charge in [-0.15, -0.1) is 0 Å². The molecule has 1 aliphatic rings. The molecule has 2 amide bonds. The number of halogens is 1. The minimum atomic E-state index is -1.36. The molecular formula is C23H26FN5O2. The number of anilines is 1. The molecule has 0 unspecified atom stereocenters. The third kappa shape index (κ3) is 4.23. The van der Waals surface area contributed by atoms with Crippen molar-refractivity contribution in [1.82, 2.24) is 14.9 Å². The summed E-state index contributed by atoms with van der Waals surface area (Å²) in [7, 11) is 0. The van der Waals surface area contributed by atoms with Crippen LogP contribution in [0.1, 0.15) is 49.0 Å². The molecule has 4 N–H and O–H groups in total. The highest BCUT2D eigenvalue weighted by Crippen LogP contribution is 2.37. The van der Waals surface area contributed by atoms with Crippen molar-refractivity contribution in [3.8, 4) is 11.1 Å².